The smallest absolute Gasteiger partial charge is 0.311 e. The van der Waals surface area contributed by atoms with Crippen LogP contribution in [0.15, 0.2) is 54.6 Å². The van der Waals surface area contributed by atoms with E-state index in [2.05, 4.69) is 0 Å². The van der Waals surface area contributed by atoms with Gasteiger partial charge >= 0.3 is 5.97 Å². The van der Waals surface area contributed by atoms with Crippen LogP contribution in [0.4, 0.5) is 0 Å². The van der Waals surface area contributed by atoms with Crippen LogP contribution in [-0.2, 0) is 11.2 Å². The fourth-order valence-electron chi connectivity index (χ4n) is 1.89. The molecule has 0 amide bonds. The number of hydrogen-bond donors (Lipinski definition) is 1. The lowest BCUT2D eigenvalue weighted by Gasteiger charge is -2.12. The van der Waals surface area contributed by atoms with Crippen molar-refractivity contribution in [2.45, 2.75) is 12.3 Å². The second-order valence-electron chi connectivity index (χ2n) is 4.13. The Morgan fingerprint density at radius 1 is 1.06 bits per heavy atom. The number of carbonyl (C=O) groups is 1. The molecule has 1 N–H and O–H groups in total. The number of benzene rings is 2. The van der Waals surface area contributed by atoms with Crippen molar-refractivity contribution >= 4 is 17.6 Å². The minimum Gasteiger partial charge on any atom is -0.481 e. The van der Waals surface area contributed by atoms with E-state index in [1.807, 2.05) is 42.5 Å². The van der Waals surface area contributed by atoms with Crippen molar-refractivity contribution < 1.29 is 9.90 Å². The average molecular weight is 261 g/mol. The molecule has 0 fully saturated rings. The molecular formula is C15H13ClO2. The summed E-state index contributed by atoms with van der Waals surface area (Å²) in [6.45, 7) is 0. The monoisotopic (exact) mass is 260 g/mol. The first-order valence-corrected chi connectivity index (χ1v) is 6.07. The second-order valence-corrected chi connectivity index (χ2v) is 4.57. The first kappa shape index (κ1) is 12.7. The first-order valence-electron chi connectivity index (χ1n) is 5.69. The van der Waals surface area contributed by atoms with Gasteiger partial charge in [-0.25, -0.2) is 0 Å². The molecule has 0 saturated heterocycles. The fraction of sp³-hybridized carbons (Fsp3) is 0.133. The Morgan fingerprint density at radius 2 is 1.67 bits per heavy atom. The molecule has 2 nitrogen and oxygen atoms in total. The Morgan fingerprint density at radius 3 is 2.22 bits per heavy atom. The van der Waals surface area contributed by atoms with Gasteiger partial charge in [0.1, 0.15) is 0 Å². The van der Waals surface area contributed by atoms with Crippen molar-refractivity contribution in [2.24, 2.45) is 0 Å². The van der Waals surface area contributed by atoms with Crippen LogP contribution in [0, 0.1) is 0 Å². The highest BCUT2D eigenvalue weighted by Crippen LogP contribution is 2.22. The SMILES string of the molecule is O=C(O)[C@H](Cc1ccc(Cl)cc1)c1ccccc1. The average Bonchev–Trinajstić information content (AvgIpc) is 2.38. The molecule has 0 unspecified atom stereocenters. The molecule has 3 heteroatoms. The van der Waals surface area contributed by atoms with Gasteiger partial charge in [0.25, 0.3) is 0 Å². The van der Waals surface area contributed by atoms with E-state index < -0.39 is 11.9 Å². The standard InChI is InChI=1S/C15H13ClO2/c16-13-8-6-11(7-9-13)10-14(15(17)18)12-4-2-1-3-5-12/h1-9,14H,10H2,(H,17,18)/t14-/m1/s1. The van der Waals surface area contributed by atoms with Gasteiger partial charge in [-0.3, -0.25) is 4.79 Å². The normalized spacial score (nSPS) is 12.1. The maximum Gasteiger partial charge on any atom is 0.311 e. The fourth-order valence-corrected chi connectivity index (χ4v) is 2.02. The van der Waals surface area contributed by atoms with Crippen LogP contribution >= 0.6 is 11.6 Å². The van der Waals surface area contributed by atoms with Gasteiger partial charge in [-0.2, -0.15) is 0 Å². The summed E-state index contributed by atoms with van der Waals surface area (Å²) >= 11 is 5.81. The van der Waals surface area contributed by atoms with E-state index in [-0.39, 0.29) is 0 Å². The van der Waals surface area contributed by atoms with Crippen molar-refractivity contribution in [3.63, 3.8) is 0 Å². The molecule has 0 aliphatic carbocycles. The van der Waals surface area contributed by atoms with Gasteiger partial charge in [0.15, 0.2) is 0 Å². The molecule has 0 saturated carbocycles. The Kier molecular flexibility index (Phi) is 4.00. The van der Waals surface area contributed by atoms with Gasteiger partial charge in [-0.1, -0.05) is 54.1 Å². The van der Waals surface area contributed by atoms with Crippen molar-refractivity contribution in [3.8, 4) is 0 Å². The molecule has 1 atom stereocenters. The zero-order valence-electron chi connectivity index (χ0n) is 9.71. The van der Waals surface area contributed by atoms with E-state index in [0.717, 1.165) is 11.1 Å². The molecule has 0 aliphatic heterocycles. The van der Waals surface area contributed by atoms with Crippen molar-refractivity contribution in [1.82, 2.24) is 0 Å². The first-order chi connectivity index (χ1) is 8.66. The van der Waals surface area contributed by atoms with Crippen LogP contribution in [0.2, 0.25) is 5.02 Å². The lowest BCUT2D eigenvalue weighted by atomic mass is 9.92. The van der Waals surface area contributed by atoms with Gasteiger partial charge in [0.2, 0.25) is 0 Å². The Labute approximate surface area is 111 Å². The van der Waals surface area contributed by atoms with Gasteiger partial charge in [-0.05, 0) is 29.7 Å². The highest BCUT2D eigenvalue weighted by molar-refractivity contribution is 6.30. The zero-order chi connectivity index (χ0) is 13.0. The van der Waals surface area contributed by atoms with Crippen LogP contribution in [0.25, 0.3) is 0 Å². The third-order valence-electron chi connectivity index (χ3n) is 2.85. The molecule has 18 heavy (non-hydrogen) atoms. The number of carboxylic acid groups (broad SMARTS) is 1. The van der Waals surface area contributed by atoms with E-state index >= 15 is 0 Å². The van der Waals surface area contributed by atoms with Gasteiger partial charge < -0.3 is 5.11 Å². The quantitative estimate of drug-likeness (QED) is 0.909. The van der Waals surface area contributed by atoms with Gasteiger partial charge in [-0.15, -0.1) is 0 Å². The van der Waals surface area contributed by atoms with Crippen LogP contribution in [-0.4, -0.2) is 11.1 Å². The molecule has 0 heterocycles. The summed E-state index contributed by atoms with van der Waals surface area (Å²) in [6, 6.07) is 16.6. The summed E-state index contributed by atoms with van der Waals surface area (Å²) in [6.07, 6.45) is 0.469. The molecule has 2 rings (SSSR count). The van der Waals surface area contributed by atoms with E-state index in [9.17, 15) is 9.90 Å². The van der Waals surface area contributed by atoms with Crippen molar-refractivity contribution in [2.75, 3.05) is 0 Å². The lowest BCUT2D eigenvalue weighted by molar-refractivity contribution is -0.138. The maximum absolute atomic E-state index is 11.3. The van der Waals surface area contributed by atoms with Gasteiger partial charge in [0.05, 0.1) is 5.92 Å². The summed E-state index contributed by atoms with van der Waals surface area (Å²) in [5.41, 5.74) is 1.79. The number of rotatable bonds is 4. The topological polar surface area (TPSA) is 37.3 Å². The third-order valence-corrected chi connectivity index (χ3v) is 3.11. The molecule has 2 aromatic carbocycles. The molecule has 0 bridgehead atoms. The minimum atomic E-state index is -0.809. The lowest BCUT2D eigenvalue weighted by Crippen LogP contribution is -2.14. The molecule has 0 radical (unpaired) electrons. The molecule has 0 spiro atoms. The van der Waals surface area contributed by atoms with E-state index in [0.29, 0.717) is 11.4 Å². The summed E-state index contributed by atoms with van der Waals surface area (Å²) in [4.78, 5) is 11.3. The summed E-state index contributed by atoms with van der Waals surface area (Å²) < 4.78 is 0. The van der Waals surface area contributed by atoms with Gasteiger partial charge in [0, 0.05) is 5.02 Å². The number of aliphatic carboxylic acids is 1. The molecule has 0 aliphatic rings. The maximum atomic E-state index is 11.3. The summed E-state index contributed by atoms with van der Waals surface area (Å²) in [5.74, 6) is -1.33. The summed E-state index contributed by atoms with van der Waals surface area (Å²) in [7, 11) is 0. The third kappa shape index (κ3) is 3.11. The zero-order valence-corrected chi connectivity index (χ0v) is 10.5. The second kappa shape index (κ2) is 5.69. The van der Waals surface area contributed by atoms with Crippen LogP contribution < -0.4 is 0 Å². The van der Waals surface area contributed by atoms with Crippen LogP contribution in [0.5, 0.6) is 0 Å². The number of hydrogen-bond acceptors (Lipinski definition) is 1. The predicted molar refractivity (Wildman–Crippen MR) is 72.0 cm³/mol. The van der Waals surface area contributed by atoms with Crippen molar-refractivity contribution in [1.29, 1.82) is 0 Å². The largest absolute Gasteiger partial charge is 0.481 e. The van der Waals surface area contributed by atoms with Crippen LogP contribution in [0.3, 0.4) is 0 Å². The Bertz CT molecular complexity index is 520. The predicted octanol–water partition coefficient (Wildman–Crippen LogP) is 3.75. The number of carboxylic acids is 1. The van der Waals surface area contributed by atoms with Crippen molar-refractivity contribution in [3.05, 3.63) is 70.7 Å². The molecule has 2 aromatic rings. The summed E-state index contributed by atoms with van der Waals surface area (Å²) in [5, 5.41) is 9.97. The van der Waals surface area contributed by atoms with E-state index in [1.54, 1.807) is 12.1 Å². The highest BCUT2D eigenvalue weighted by Gasteiger charge is 2.19. The molecule has 0 aromatic heterocycles. The molecular weight excluding hydrogens is 248 g/mol. The Hall–Kier alpha value is -1.80. The Balaban J connectivity index is 2.22. The highest BCUT2D eigenvalue weighted by atomic mass is 35.5. The number of halogens is 1. The van der Waals surface area contributed by atoms with E-state index in [1.165, 1.54) is 0 Å². The van der Waals surface area contributed by atoms with Crippen LogP contribution in [0.1, 0.15) is 17.0 Å². The minimum absolute atomic E-state index is 0.469. The molecule has 92 valence electrons. The van der Waals surface area contributed by atoms with E-state index in [4.69, 9.17) is 11.6 Å².